The molecule has 0 radical (unpaired) electrons. The van der Waals surface area contributed by atoms with Crippen LogP contribution in [0.15, 0.2) is 28.7 Å². The summed E-state index contributed by atoms with van der Waals surface area (Å²) in [6, 6.07) is 7.96. The van der Waals surface area contributed by atoms with Crippen molar-refractivity contribution in [2.75, 3.05) is 26.2 Å². The lowest BCUT2D eigenvalue weighted by atomic mass is 9.74. The van der Waals surface area contributed by atoms with E-state index in [0.29, 0.717) is 11.8 Å². The molecule has 2 saturated heterocycles. The Labute approximate surface area is 122 Å². The summed E-state index contributed by atoms with van der Waals surface area (Å²) >= 11 is 3.50. The third-order valence-electron chi connectivity index (χ3n) is 4.27. The Morgan fingerprint density at radius 1 is 1.37 bits per heavy atom. The van der Waals surface area contributed by atoms with Crippen molar-refractivity contribution in [2.45, 2.75) is 19.3 Å². The maximum Gasteiger partial charge on any atom is 0.227 e. The van der Waals surface area contributed by atoms with Gasteiger partial charge < -0.3 is 10.2 Å². The Balaban J connectivity index is 1.57. The molecule has 1 aromatic rings. The van der Waals surface area contributed by atoms with Crippen molar-refractivity contribution in [1.82, 2.24) is 10.2 Å². The zero-order valence-electron chi connectivity index (χ0n) is 11.0. The van der Waals surface area contributed by atoms with Gasteiger partial charge in [0, 0.05) is 29.5 Å². The van der Waals surface area contributed by atoms with Crippen LogP contribution in [0.25, 0.3) is 0 Å². The smallest absolute Gasteiger partial charge is 0.227 e. The SMILES string of the molecule is O=C(Cc1ccccc1Br)N1CC2(CCCNC2)C1. The Morgan fingerprint density at radius 2 is 2.16 bits per heavy atom. The molecule has 0 saturated carbocycles. The maximum atomic E-state index is 12.3. The van der Waals surface area contributed by atoms with Crippen LogP contribution in [0.3, 0.4) is 0 Å². The zero-order chi connectivity index (χ0) is 13.3. The van der Waals surface area contributed by atoms with Crippen LogP contribution < -0.4 is 5.32 Å². The number of nitrogens with one attached hydrogen (secondary N) is 1. The number of hydrogen-bond donors (Lipinski definition) is 1. The normalized spacial score (nSPS) is 21.2. The summed E-state index contributed by atoms with van der Waals surface area (Å²) in [5.74, 6) is 0.253. The van der Waals surface area contributed by atoms with Crippen molar-refractivity contribution in [3.05, 3.63) is 34.3 Å². The van der Waals surface area contributed by atoms with Crippen LogP contribution >= 0.6 is 15.9 Å². The summed E-state index contributed by atoms with van der Waals surface area (Å²) in [5.41, 5.74) is 1.46. The summed E-state index contributed by atoms with van der Waals surface area (Å²) in [6.45, 7) is 4.07. The van der Waals surface area contributed by atoms with Crippen molar-refractivity contribution < 1.29 is 4.79 Å². The van der Waals surface area contributed by atoms with E-state index >= 15 is 0 Å². The molecule has 4 heteroatoms. The van der Waals surface area contributed by atoms with Crippen LogP contribution in [-0.4, -0.2) is 37.0 Å². The van der Waals surface area contributed by atoms with Crippen molar-refractivity contribution in [1.29, 1.82) is 0 Å². The van der Waals surface area contributed by atoms with Crippen LogP contribution in [0, 0.1) is 5.41 Å². The first-order valence-corrected chi connectivity index (χ1v) is 7.70. The number of carbonyl (C=O) groups excluding carboxylic acids is 1. The Kier molecular flexibility index (Phi) is 3.63. The van der Waals surface area contributed by atoms with Gasteiger partial charge in [0.05, 0.1) is 6.42 Å². The van der Waals surface area contributed by atoms with Crippen molar-refractivity contribution in [3.63, 3.8) is 0 Å². The van der Waals surface area contributed by atoms with Gasteiger partial charge in [-0.1, -0.05) is 34.1 Å². The molecule has 2 heterocycles. The average molecular weight is 323 g/mol. The van der Waals surface area contributed by atoms with Crippen LogP contribution in [0.4, 0.5) is 0 Å². The summed E-state index contributed by atoms with van der Waals surface area (Å²) < 4.78 is 1.03. The van der Waals surface area contributed by atoms with Gasteiger partial charge in [-0.25, -0.2) is 0 Å². The van der Waals surface area contributed by atoms with Crippen LogP contribution in [0.5, 0.6) is 0 Å². The molecule has 1 amide bonds. The van der Waals surface area contributed by atoms with Gasteiger partial charge in [0.1, 0.15) is 0 Å². The van der Waals surface area contributed by atoms with Gasteiger partial charge in [0.2, 0.25) is 5.91 Å². The first kappa shape index (κ1) is 13.1. The molecule has 3 nitrogen and oxygen atoms in total. The summed E-state index contributed by atoms with van der Waals surface area (Å²) in [6.07, 6.45) is 3.01. The number of benzene rings is 1. The Hall–Kier alpha value is -0.870. The molecule has 1 N–H and O–H groups in total. The van der Waals surface area contributed by atoms with Gasteiger partial charge in [-0.05, 0) is 31.0 Å². The number of rotatable bonds is 2. The molecule has 3 rings (SSSR count). The number of piperidine rings is 1. The van der Waals surface area contributed by atoms with Crippen molar-refractivity contribution in [3.8, 4) is 0 Å². The summed E-state index contributed by atoms with van der Waals surface area (Å²) in [4.78, 5) is 14.3. The summed E-state index contributed by atoms with van der Waals surface area (Å²) in [7, 11) is 0. The maximum absolute atomic E-state index is 12.3. The van der Waals surface area contributed by atoms with Crippen LogP contribution in [-0.2, 0) is 11.2 Å². The minimum Gasteiger partial charge on any atom is -0.341 e. The van der Waals surface area contributed by atoms with Crippen LogP contribution in [0.1, 0.15) is 18.4 Å². The van der Waals surface area contributed by atoms with Gasteiger partial charge in [0.25, 0.3) is 0 Å². The van der Waals surface area contributed by atoms with E-state index in [-0.39, 0.29) is 5.91 Å². The van der Waals surface area contributed by atoms with Crippen LogP contribution in [0.2, 0.25) is 0 Å². The average Bonchev–Trinajstić information content (AvgIpc) is 2.39. The van der Waals surface area contributed by atoms with Crippen molar-refractivity contribution >= 4 is 21.8 Å². The second kappa shape index (κ2) is 5.25. The van der Waals surface area contributed by atoms with E-state index in [4.69, 9.17) is 0 Å². The minimum absolute atomic E-state index is 0.253. The largest absolute Gasteiger partial charge is 0.341 e. The fraction of sp³-hybridized carbons (Fsp3) is 0.533. The molecule has 0 aliphatic carbocycles. The highest BCUT2D eigenvalue weighted by Gasteiger charge is 2.45. The van der Waals surface area contributed by atoms with E-state index in [1.807, 2.05) is 29.2 Å². The van der Waals surface area contributed by atoms with Crippen molar-refractivity contribution in [2.24, 2.45) is 5.41 Å². The topological polar surface area (TPSA) is 32.3 Å². The van der Waals surface area contributed by atoms with E-state index in [9.17, 15) is 4.79 Å². The molecule has 0 unspecified atom stereocenters. The molecular weight excluding hydrogens is 304 g/mol. The lowest BCUT2D eigenvalue weighted by molar-refractivity contribution is -0.143. The molecule has 0 bridgehead atoms. The van der Waals surface area contributed by atoms with E-state index in [0.717, 1.165) is 36.2 Å². The number of amides is 1. The highest BCUT2D eigenvalue weighted by Crippen LogP contribution is 2.36. The van der Waals surface area contributed by atoms with Gasteiger partial charge in [0.15, 0.2) is 0 Å². The molecule has 1 aromatic carbocycles. The minimum atomic E-state index is 0.253. The first-order chi connectivity index (χ1) is 9.19. The van der Waals surface area contributed by atoms with E-state index in [1.54, 1.807) is 0 Å². The number of hydrogen-bond acceptors (Lipinski definition) is 2. The molecule has 1 spiro atoms. The third kappa shape index (κ3) is 2.70. The second-order valence-electron chi connectivity index (χ2n) is 5.80. The molecular formula is C15H19BrN2O. The number of likely N-dealkylation sites (tertiary alicyclic amines) is 1. The molecule has 102 valence electrons. The molecule has 2 aliphatic rings. The Morgan fingerprint density at radius 3 is 2.84 bits per heavy atom. The van der Waals surface area contributed by atoms with Gasteiger partial charge in [-0.15, -0.1) is 0 Å². The van der Waals surface area contributed by atoms with E-state index < -0.39 is 0 Å². The lowest BCUT2D eigenvalue weighted by Gasteiger charge is -2.52. The Bertz CT molecular complexity index is 475. The quantitative estimate of drug-likeness (QED) is 0.905. The fourth-order valence-electron chi connectivity index (χ4n) is 3.16. The van der Waals surface area contributed by atoms with Gasteiger partial charge in [-0.3, -0.25) is 4.79 Å². The third-order valence-corrected chi connectivity index (χ3v) is 5.04. The molecule has 0 atom stereocenters. The number of carbonyl (C=O) groups is 1. The summed E-state index contributed by atoms with van der Waals surface area (Å²) in [5, 5.41) is 3.45. The van der Waals surface area contributed by atoms with Gasteiger partial charge in [-0.2, -0.15) is 0 Å². The second-order valence-corrected chi connectivity index (χ2v) is 6.65. The lowest BCUT2D eigenvalue weighted by Crippen LogP contribution is -2.63. The molecule has 0 aromatic heterocycles. The highest BCUT2D eigenvalue weighted by molar-refractivity contribution is 9.10. The first-order valence-electron chi connectivity index (χ1n) is 6.90. The fourth-order valence-corrected chi connectivity index (χ4v) is 3.58. The zero-order valence-corrected chi connectivity index (χ0v) is 12.6. The molecule has 19 heavy (non-hydrogen) atoms. The number of nitrogens with zero attached hydrogens (tertiary/aromatic N) is 1. The molecule has 2 aliphatic heterocycles. The monoisotopic (exact) mass is 322 g/mol. The molecule has 2 fully saturated rings. The van der Waals surface area contributed by atoms with E-state index in [1.165, 1.54) is 12.8 Å². The highest BCUT2D eigenvalue weighted by atomic mass is 79.9. The standard InChI is InChI=1S/C15H19BrN2O/c16-13-5-2-1-4-12(13)8-14(19)18-10-15(11-18)6-3-7-17-9-15/h1-2,4-5,17H,3,6-11H2. The predicted octanol–water partition coefficient (Wildman–Crippen LogP) is 2.20. The van der Waals surface area contributed by atoms with Gasteiger partial charge >= 0.3 is 0 Å². The number of halogens is 1. The predicted molar refractivity (Wildman–Crippen MR) is 79.0 cm³/mol. The van der Waals surface area contributed by atoms with E-state index in [2.05, 4.69) is 21.2 Å².